The molecule has 5 nitrogen and oxygen atoms in total. The van der Waals surface area contributed by atoms with Crippen molar-refractivity contribution >= 4 is 55.6 Å². The number of hydrogen-bond acceptors (Lipinski definition) is 4. The molecule has 2 aromatic carbocycles. The maximum atomic E-state index is 11.9. The number of halogens is 3. The van der Waals surface area contributed by atoms with Crippen molar-refractivity contribution in [3.8, 4) is 5.75 Å². The van der Waals surface area contributed by atoms with Crippen molar-refractivity contribution in [3.05, 3.63) is 85.1 Å². The Hall–Kier alpha value is -2.09. The number of carbonyl (C=O) groups excluding carboxylic acids is 1. The van der Waals surface area contributed by atoms with Crippen molar-refractivity contribution in [1.82, 2.24) is 5.43 Å². The molecule has 0 aliphatic heterocycles. The Labute approximate surface area is 184 Å². The van der Waals surface area contributed by atoms with Gasteiger partial charge in [-0.05, 0) is 74.7 Å². The molecule has 0 spiro atoms. The molecular formula is C20H15Br2ClN2O3. The van der Waals surface area contributed by atoms with Crippen LogP contribution in [0.25, 0.3) is 0 Å². The van der Waals surface area contributed by atoms with Crippen LogP contribution in [0.15, 0.2) is 67.0 Å². The van der Waals surface area contributed by atoms with Crippen molar-refractivity contribution < 1.29 is 13.9 Å². The molecule has 0 bridgehead atoms. The molecule has 0 atom stereocenters. The van der Waals surface area contributed by atoms with Crippen LogP contribution in [0, 0.1) is 6.92 Å². The monoisotopic (exact) mass is 524 g/mol. The maximum absolute atomic E-state index is 11.9. The summed E-state index contributed by atoms with van der Waals surface area (Å²) in [4.78, 5) is 11.9. The second kappa shape index (κ2) is 9.41. The van der Waals surface area contributed by atoms with E-state index >= 15 is 0 Å². The zero-order valence-electron chi connectivity index (χ0n) is 14.7. The van der Waals surface area contributed by atoms with Crippen LogP contribution in [0.2, 0.25) is 5.02 Å². The van der Waals surface area contributed by atoms with E-state index in [0.717, 1.165) is 20.1 Å². The summed E-state index contributed by atoms with van der Waals surface area (Å²) < 4.78 is 12.6. The third-order valence-electron chi connectivity index (χ3n) is 3.69. The van der Waals surface area contributed by atoms with E-state index < -0.39 is 5.91 Å². The molecule has 1 aromatic heterocycles. The molecule has 28 heavy (non-hydrogen) atoms. The third-order valence-corrected chi connectivity index (χ3v) is 5.24. The summed E-state index contributed by atoms with van der Waals surface area (Å²) >= 11 is 13.2. The number of aryl methyl sites for hydroxylation is 1. The number of hydrazone groups is 1. The molecule has 0 aliphatic rings. The number of carbonyl (C=O) groups is 1. The SMILES string of the molecule is Cc1ccc(C(=O)NN=Cc2cc(Br)c(OCc3ccccc3Cl)c(Br)c2)o1. The molecule has 0 aliphatic carbocycles. The topological polar surface area (TPSA) is 63.8 Å². The predicted octanol–water partition coefficient (Wildman–Crippen LogP) is 6.11. The number of nitrogens with zero attached hydrogens (tertiary/aromatic N) is 1. The van der Waals surface area contributed by atoms with E-state index in [1.807, 2.05) is 36.4 Å². The van der Waals surface area contributed by atoms with E-state index in [9.17, 15) is 4.79 Å². The standard InChI is InChI=1S/C20H15Br2ClN2O3/c1-12-6-7-18(28-12)20(26)25-24-10-13-8-15(21)19(16(22)9-13)27-11-14-4-2-3-5-17(14)23/h2-10H,11H2,1H3,(H,25,26). The molecule has 0 fully saturated rings. The van der Waals surface area contributed by atoms with Gasteiger partial charge in [-0.2, -0.15) is 5.10 Å². The van der Waals surface area contributed by atoms with Gasteiger partial charge in [0.15, 0.2) is 5.76 Å². The van der Waals surface area contributed by atoms with Crippen LogP contribution in [-0.4, -0.2) is 12.1 Å². The Kier molecular flexibility index (Phi) is 6.93. The lowest BCUT2D eigenvalue weighted by atomic mass is 10.2. The number of furan rings is 1. The zero-order valence-corrected chi connectivity index (χ0v) is 18.6. The van der Waals surface area contributed by atoms with Crippen LogP contribution in [-0.2, 0) is 6.61 Å². The van der Waals surface area contributed by atoms with Gasteiger partial charge in [-0.1, -0.05) is 29.8 Å². The van der Waals surface area contributed by atoms with Crippen LogP contribution >= 0.6 is 43.5 Å². The summed E-state index contributed by atoms with van der Waals surface area (Å²) in [5.74, 6) is 1.10. The lowest BCUT2D eigenvalue weighted by Crippen LogP contribution is -2.16. The molecule has 0 saturated carbocycles. The Balaban J connectivity index is 1.66. The van der Waals surface area contributed by atoms with Crippen LogP contribution in [0.3, 0.4) is 0 Å². The average molecular weight is 527 g/mol. The minimum absolute atomic E-state index is 0.209. The second-order valence-corrected chi connectivity index (χ2v) is 7.92. The Bertz CT molecular complexity index is 1010. The highest BCUT2D eigenvalue weighted by Crippen LogP contribution is 2.35. The molecular weight excluding hydrogens is 511 g/mol. The summed E-state index contributed by atoms with van der Waals surface area (Å²) in [6, 6.07) is 14.5. The fraction of sp³-hybridized carbons (Fsp3) is 0.100. The molecule has 0 unspecified atom stereocenters. The van der Waals surface area contributed by atoms with Gasteiger partial charge in [0.25, 0.3) is 0 Å². The van der Waals surface area contributed by atoms with Gasteiger partial charge in [0.05, 0.1) is 15.2 Å². The molecule has 3 rings (SSSR count). The van der Waals surface area contributed by atoms with E-state index in [0.29, 0.717) is 23.1 Å². The predicted molar refractivity (Wildman–Crippen MR) is 116 cm³/mol. The van der Waals surface area contributed by atoms with Crippen molar-refractivity contribution in [2.75, 3.05) is 0 Å². The lowest BCUT2D eigenvalue weighted by molar-refractivity contribution is 0.0926. The highest BCUT2D eigenvalue weighted by Gasteiger charge is 2.11. The molecule has 0 radical (unpaired) electrons. The number of benzene rings is 2. The fourth-order valence-corrected chi connectivity index (χ4v) is 3.98. The van der Waals surface area contributed by atoms with Crippen LogP contribution < -0.4 is 10.2 Å². The highest BCUT2D eigenvalue weighted by atomic mass is 79.9. The Morgan fingerprint density at radius 3 is 2.57 bits per heavy atom. The van der Waals surface area contributed by atoms with E-state index in [2.05, 4.69) is 42.4 Å². The first-order valence-corrected chi connectivity index (χ1v) is 10.2. The number of rotatable bonds is 6. The van der Waals surface area contributed by atoms with Crippen LogP contribution in [0.4, 0.5) is 0 Å². The molecule has 3 aromatic rings. The first-order valence-electron chi connectivity index (χ1n) is 8.19. The first-order chi connectivity index (χ1) is 13.4. The summed E-state index contributed by atoms with van der Waals surface area (Å²) in [6.45, 7) is 2.10. The van der Waals surface area contributed by atoms with Crippen molar-refractivity contribution in [3.63, 3.8) is 0 Å². The molecule has 8 heteroatoms. The Morgan fingerprint density at radius 2 is 1.93 bits per heavy atom. The molecule has 144 valence electrons. The zero-order chi connectivity index (χ0) is 20.1. The van der Waals surface area contributed by atoms with E-state index in [-0.39, 0.29) is 5.76 Å². The van der Waals surface area contributed by atoms with Crippen molar-refractivity contribution in [2.24, 2.45) is 5.10 Å². The van der Waals surface area contributed by atoms with Gasteiger partial charge in [0.1, 0.15) is 18.1 Å². The molecule has 1 heterocycles. The van der Waals surface area contributed by atoms with E-state index in [1.54, 1.807) is 19.1 Å². The molecule has 1 amide bonds. The lowest BCUT2D eigenvalue weighted by Gasteiger charge is -2.12. The summed E-state index contributed by atoms with van der Waals surface area (Å²) in [5.41, 5.74) is 4.08. The number of amides is 1. The van der Waals surface area contributed by atoms with Crippen LogP contribution in [0.1, 0.15) is 27.4 Å². The molecule has 1 N–H and O–H groups in total. The normalized spacial score (nSPS) is 11.0. The Morgan fingerprint density at radius 1 is 1.21 bits per heavy atom. The summed E-state index contributed by atoms with van der Waals surface area (Å²) in [5, 5.41) is 4.61. The van der Waals surface area contributed by atoms with Gasteiger partial charge < -0.3 is 9.15 Å². The van der Waals surface area contributed by atoms with Crippen molar-refractivity contribution in [1.29, 1.82) is 0 Å². The van der Waals surface area contributed by atoms with Gasteiger partial charge in [0.2, 0.25) is 0 Å². The smallest absolute Gasteiger partial charge is 0.307 e. The van der Waals surface area contributed by atoms with Gasteiger partial charge in [0, 0.05) is 10.6 Å². The van der Waals surface area contributed by atoms with Gasteiger partial charge in [-0.15, -0.1) is 0 Å². The average Bonchev–Trinajstić information content (AvgIpc) is 3.09. The minimum Gasteiger partial charge on any atom is -0.486 e. The van der Waals surface area contributed by atoms with Crippen LogP contribution in [0.5, 0.6) is 5.75 Å². The largest absolute Gasteiger partial charge is 0.486 e. The number of nitrogens with one attached hydrogen (secondary N) is 1. The highest BCUT2D eigenvalue weighted by molar-refractivity contribution is 9.11. The summed E-state index contributed by atoms with van der Waals surface area (Å²) in [7, 11) is 0. The molecule has 0 saturated heterocycles. The van der Waals surface area contributed by atoms with Gasteiger partial charge in [-0.25, -0.2) is 5.43 Å². The number of hydrogen-bond donors (Lipinski definition) is 1. The minimum atomic E-state index is -0.415. The first kappa shape index (κ1) is 20.6. The fourth-order valence-electron chi connectivity index (χ4n) is 2.33. The summed E-state index contributed by atoms with van der Waals surface area (Å²) in [6.07, 6.45) is 1.53. The van der Waals surface area contributed by atoms with Gasteiger partial charge >= 0.3 is 5.91 Å². The van der Waals surface area contributed by atoms with E-state index in [1.165, 1.54) is 6.21 Å². The maximum Gasteiger partial charge on any atom is 0.307 e. The third kappa shape index (κ3) is 5.25. The van der Waals surface area contributed by atoms with E-state index in [4.69, 9.17) is 20.8 Å². The van der Waals surface area contributed by atoms with Gasteiger partial charge in [-0.3, -0.25) is 4.79 Å². The number of ether oxygens (including phenoxy) is 1. The van der Waals surface area contributed by atoms with Crippen molar-refractivity contribution in [2.45, 2.75) is 13.5 Å². The second-order valence-electron chi connectivity index (χ2n) is 5.80. The quantitative estimate of drug-likeness (QED) is 0.311.